The number of aliphatic hydroxyl groups excluding tert-OH is 1. The highest BCUT2D eigenvalue weighted by Gasteiger charge is 2.16. The van der Waals surface area contributed by atoms with E-state index < -0.39 is 6.10 Å². The molecule has 5 heteroatoms. The van der Waals surface area contributed by atoms with Crippen molar-refractivity contribution in [1.29, 1.82) is 0 Å². The summed E-state index contributed by atoms with van der Waals surface area (Å²) in [5.41, 5.74) is 0. The van der Waals surface area contributed by atoms with E-state index in [1.165, 1.54) is 103 Å². The van der Waals surface area contributed by atoms with Gasteiger partial charge in [0.1, 0.15) is 6.61 Å². The zero-order valence-electron chi connectivity index (χ0n) is 35.1. The quantitative estimate of drug-likeness (QED) is 0.0392. The Morgan fingerprint density at radius 2 is 0.722 bits per heavy atom. The van der Waals surface area contributed by atoms with Gasteiger partial charge in [-0.25, -0.2) is 0 Å². The van der Waals surface area contributed by atoms with Crippen LogP contribution in [0.15, 0.2) is 0 Å². The van der Waals surface area contributed by atoms with Crippen LogP contribution in [0.4, 0.5) is 0 Å². The lowest BCUT2D eigenvalue weighted by Crippen LogP contribution is -2.28. The Bertz CT molecular complexity index is 1110. The van der Waals surface area contributed by atoms with Gasteiger partial charge < -0.3 is 14.6 Å². The second-order valence-electron chi connectivity index (χ2n) is 14.9. The number of carbonyl (C=O) groups excluding carboxylic acids is 2. The number of hydrogen-bond acceptors (Lipinski definition) is 5. The van der Waals surface area contributed by atoms with Crippen LogP contribution >= 0.6 is 0 Å². The molecule has 0 aromatic carbocycles. The molecule has 1 atom stereocenters. The van der Waals surface area contributed by atoms with Crippen LogP contribution in [0, 0.1) is 47.4 Å². The predicted molar refractivity (Wildman–Crippen MR) is 227 cm³/mol. The van der Waals surface area contributed by atoms with Crippen LogP contribution in [0.2, 0.25) is 0 Å². The summed E-state index contributed by atoms with van der Waals surface area (Å²) < 4.78 is 10.6. The van der Waals surface area contributed by atoms with Crippen molar-refractivity contribution in [2.24, 2.45) is 0 Å². The number of carbonyl (C=O) groups is 2. The number of esters is 2. The van der Waals surface area contributed by atoms with E-state index in [0.29, 0.717) is 12.8 Å². The highest BCUT2D eigenvalue weighted by molar-refractivity contribution is 5.70. The highest BCUT2D eigenvalue weighted by Crippen LogP contribution is 2.13. The molecule has 0 heterocycles. The third-order valence-corrected chi connectivity index (χ3v) is 9.59. The topological polar surface area (TPSA) is 72.8 Å². The van der Waals surface area contributed by atoms with E-state index in [1.54, 1.807) is 0 Å². The van der Waals surface area contributed by atoms with Crippen molar-refractivity contribution in [3.8, 4) is 47.4 Å². The minimum atomic E-state index is -0.804. The molecule has 5 nitrogen and oxygen atoms in total. The van der Waals surface area contributed by atoms with E-state index in [9.17, 15) is 14.7 Å². The Hall–Kier alpha value is -2.86. The molecule has 1 N–H and O–H groups in total. The normalized spacial score (nSPS) is 10.8. The maximum atomic E-state index is 12.2. The second-order valence-corrected chi connectivity index (χ2v) is 14.9. The molecule has 0 rings (SSSR count). The van der Waals surface area contributed by atoms with Gasteiger partial charge in [0.2, 0.25) is 0 Å². The maximum Gasteiger partial charge on any atom is 0.306 e. The van der Waals surface area contributed by atoms with Crippen molar-refractivity contribution >= 4 is 11.9 Å². The van der Waals surface area contributed by atoms with Gasteiger partial charge in [-0.05, 0) is 62.2 Å². The number of unbranched alkanes of at least 4 members (excludes halogenated alkanes) is 28. The van der Waals surface area contributed by atoms with Crippen LogP contribution in [-0.4, -0.2) is 36.4 Å². The van der Waals surface area contributed by atoms with Gasteiger partial charge in [-0.1, -0.05) is 179 Å². The van der Waals surface area contributed by atoms with Crippen molar-refractivity contribution in [1.82, 2.24) is 0 Å². The van der Waals surface area contributed by atoms with Gasteiger partial charge in [-0.2, -0.15) is 0 Å². The molecular formula is C49H80O5. The van der Waals surface area contributed by atoms with E-state index in [4.69, 9.17) is 9.47 Å². The Morgan fingerprint density at radius 3 is 1.06 bits per heavy atom. The molecule has 0 amide bonds. The molecule has 0 fully saturated rings. The molecule has 0 aromatic heterocycles. The molecule has 0 aromatic rings. The largest absolute Gasteiger partial charge is 0.462 e. The molecule has 0 unspecified atom stereocenters. The number of rotatable bonds is 36. The number of ether oxygens (including phenoxy) is 2. The van der Waals surface area contributed by atoms with Crippen LogP contribution in [0.1, 0.15) is 232 Å². The molecule has 306 valence electrons. The van der Waals surface area contributed by atoms with Crippen molar-refractivity contribution in [2.75, 3.05) is 13.2 Å². The number of aliphatic hydroxyl groups is 1. The molecule has 0 bridgehead atoms. The lowest BCUT2D eigenvalue weighted by Gasteiger charge is -2.15. The van der Waals surface area contributed by atoms with Crippen molar-refractivity contribution in [3.05, 3.63) is 0 Å². The molecule has 0 radical (unpaired) electrons. The van der Waals surface area contributed by atoms with E-state index in [2.05, 4.69) is 61.2 Å². The van der Waals surface area contributed by atoms with Crippen LogP contribution in [0.3, 0.4) is 0 Å². The van der Waals surface area contributed by atoms with Crippen molar-refractivity contribution in [2.45, 2.75) is 238 Å². The summed E-state index contributed by atoms with van der Waals surface area (Å²) in [6.07, 6.45) is 37.1. The SMILES string of the molecule is CCCCCCCCCCC#CC#CCCCCCCCCC(=O)OC[C@H](CO)OC(=O)CCCCCCCCC#CC#CCCCCCCCCCC. The summed E-state index contributed by atoms with van der Waals surface area (Å²) in [5, 5.41) is 9.58. The van der Waals surface area contributed by atoms with Crippen LogP contribution < -0.4 is 0 Å². The van der Waals surface area contributed by atoms with Crippen LogP contribution in [-0.2, 0) is 19.1 Å². The van der Waals surface area contributed by atoms with Crippen LogP contribution in [0.5, 0.6) is 0 Å². The van der Waals surface area contributed by atoms with Gasteiger partial charge in [0, 0.05) is 38.5 Å². The van der Waals surface area contributed by atoms with Gasteiger partial charge in [0.15, 0.2) is 6.10 Å². The standard InChI is InChI=1S/C49H80O5/c1-3-5-7-9-11-13-15-17-19-21-23-25-27-29-31-33-35-37-39-41-43-48(51)53-46-47(45-50)54-49(52)44-42-40-38-36-34-32-30-28-26-24-22-20-18-16-14-12-10-8-6-4-2/h47,50H,3-20,29-46H2,1-2H3/t47-/m0/s1. The van der Waals surface area contributed by atoms with Crippen LogP contribution in [0.25, 0.3) is 0 Å². The lowest BCUT2D eigenvalue weighted by atomic mass is 10.1. The van der Waals surface area contributed by atoms with Gasteiger partial charge in [-0.3, -0.25) is 9.59 Å². The molecule has 0 saturated carbocycles. The van der Waals surface area contributed by atoms with Gasteiger partial charge in [0.05, 0.1) is 6.61 Å². The summed E-state index contributed by atoms with van der Waals surface area (Å²) in [5.74, 6) is 24.0. The summed E-state index contributed by atoms with van der Waals surface area (Å²) in [7, 11) is 0. The average molecular weight is 749 g/mol. The summed E-state index contributed by atoms with van der Waals surface area (Å²) in [4.78, 5) is 24.3. The summed E-state index contributed by atoms with van der Waals surface area (Å²) in [6.45, 7) is 4.06. The molecule has 0 spiro atoms. The second kappa shape index (κ2) is 44.5. The number of hydrogen-bond donors (Lipinski definition) is 1. The Morgan fingerprint density at radius 1 is 0.426 bits per heavy atom. The minimum absolute atomic E-state index is 0.0978. The smallest absolute Gasteiger partial charge is 0.306 e. The van der Waals surface area contributed by atoms with Crippen molar-refractivity contribution < 1.29 is 24.2 Å². The predicted octanol–water partition coefficient (Wildman–Crippen LogP) is 12.8. The first-order valence-corrected chi connectivity index (χ1v) is 22.5. The average Bonchev–Trinajstić information content (AvgIpc) is 3.17. The highest BCUT2D eigenvalue weighted by atomic mass is 16.6. The third-order valence-electron chi connectivity index (χ3n) is 9.59. The molecule has 0 aliphatic heterocycles. The maximum absolute atomic E-state index is 12.2. The van der Waals surface area contributed by atoms with Gasteiger partial charge in [-0.15, -0.1) is 0 Å². The molecule has 54 heavy (non-hydrogen) atoms. The zero-order chi connectivity index (χ0) is 39.3. The fourth-order valence-corrected chi connectivity index (χ4v) is 6.13. The zero-order valence-corrected chi connectivity index (χ0v) is 35.1. The molecule has 0 saturated heterocycles. The Labute approximate surface area is 334 Å². The van der Waals surface area contributed by atoms with E-state index in [1.807, 2.05) is 0 Å². The first-order chi connectivity index (χ1) is 26.6. The molecule has 0 aliphatic carbocycles. The first-order valence-electron chi connectivity index (χ1n) is 22.5. The van der Waals surface area contributed by atoms with Gasteiger partial charge >= 0.3 is 11.9 Å². The monoisotopic (exact) mass is 749 g/mol. The van der Waals surface area contributed by atoms with E-state index >= 15 is 0 Å². The van der Waals surface area contributed by atoms with E-state index in [0.717, 1.165) is 103 Å². The molecular weight excluding hydrogens is 669 g/mol. The summed E-state index contributed by atoms with van der Waals surface area (Å²) >= 11 is 0. The third kappa shape index (κ3) is 41.9. The lowest BCUT2D eigenvalue weighted by molar-refractivity contribution is -0.161. The first kappa shape index (κ1) is 51.1. The Kier molecular flexibility index (Phi) is 42.2. The van der Waals surface area contributed by atoms with Crippen molar-refractivity contribution in [3.63, 3.8) is 0 Å². The minimum Gasteiger partial charge on any atom is -0.462 e. The fraction of sp³-hybridized carbons (Fsp3) is 0.796. The van der Waals surface area contributed by atoms with Gasteiger partial charge in [0.25, 0.3) is 0 Å². The summed E-state index contributed by atoms with van der Waals surface area (Å²) in [6, 6.07) is 0. The van der Waals surface area contributed by atoms with E-state index in [-0.39, 0.29) is 25.2 Å². The molecule has 0 aliphatic rings. The fourth-order valence-electron chi connectivity index (χ4n) is 6.13. The Balaban J connectivity index is 3.63.